The highest BCUT2D eigenvalue weighted by Crippen LogP contribution is 2.25. The van der Waals surface area contributed by atoms with Gasteiger partial charge in [-0.25, -0.2) is 0 Å². The third kappa shape index (κ3) is 1.93. The number of rotatable bonds is 1. The lowest BCUT2D eigenvalue weighted by Gasteiger charge is -2.41. The van der Waals surface area contributed by atoms with Crippen molar-refractivity contribution in [3.8, 4) is 0 Å². The van der Waals surface area contributed by atoms with Gasteiger partial charge in [0.25, 0.3) is 0 Å². The fourth-order valence-electron chi connectivity index (χ4n) is 1.41. The molecule has 0 aromatic rings. The van der Waals surface area contributed by atoms with Gasteiger partial charge in [0.05, 0.1) is 0 Å². The van der Waals surface area contributed by atoms with Gasteiger partial charge in [0, 0.05) is 23.6 Å². The van der Waals surface area contributed by atoms with Crippen molar-refractivity contribution in [1.82, 2.24) is 4.90 Å². The topological polar surface area (TPSA) is 40.5 Å². The minimum Gasteiger partial charge on any atom is -0.387 e. The monoisotopic (exact) mass is 189 g/mol. The average molecular weight is 189 g/mol. The Hall–Kier alpha value is -0.220. The Morgan fingerprint density at radius 3 is 2.83 bits per heavy atom. The van der Waals surface area contributed by atoms with Crippen LogP contribution in [-0.2, 0) is 4.79 Å². The summed E-state index contributed by atoms with van der Waals surface area (Å²) in [6, 6.07) is 0. The molecule has 70 valence electrons. The lowest BCUT2D eigenvalue weighted by atomic mass is 10.1. The number of carbonyl (C=O) groups is 1. The molecule has 0 saturated carbocycles. The van der Waals surface area contributed by atoms with Crippen LogP contribution >= 0.6 is 11.8 Å². The van der Waals surface area contributed by atoms with Gasteiger partial charge in [0.1, 0.15) is 6.61 Å². The first-order valence-electron chi connectivity index (χ1n) is 4.07. The van der Waals surface area contributed by atoms with E-state index in [1.165, 1.54) is 0 Å². The number of hydrogen-bond donors (Lipinski definition) is 1. The van der Waals surface area contributed by atoms with Crippen LogP contribution in [0, 0.1) is 0 Å². The molecule has 0 aliphatic carbocycles. The fourth-order valence-corrected chi connectivity index (χ4v) is 2.52. The van der Waals surface area contributed by atoms with Crippen LogP contribution in [0.1, 0.15) is 13.8 Å². The van der Waals surface area contributed by atoms with E-state index < -0.39 is 0 Å². The summed E-state index contributed by atoms with van der Waals surface area (Å²) in [6.07, 6.45) is 0. The SMILES string of the molecule is CC1(C)CSCCN1C(=O)CO. The summed E-state index contributed by atoms with van der Waals surface area (Å²) in [5.41, 5.74) is -0.0945. The summed E-state index contributed by atoms with van der Waals surface area (Å²) in [6.45, 7) is 4.46. The third-order valence-corrected chi connectivity index (χ3v) is 3.46. The fraction of sp³-hybridized carbons (Fsp3) is 0.875. The Bertz CT molecular complexity index is 182. The van der Waals surface area contributed by atoms with Gasteiger partial charge in [0.2, 0.25) is 5.91 Å². The van der Waals surface area contributed by atoms with Crippen molar-refractivity contribution in [3.05, 3.63) is 0 Å². The average Bonchev–Trinajstić information content (AvgIpc) is 2.02. The zero-order valence-corrected chi connectivity index (χ0v) is 8.36. The first-order valence-corrected chi connectivity index (χ1v) is 5.22. The molecule has 0 spiro atoms. The third-order valence-electron chi connectivity index (χ3n) is 2.08. The van der Waals surface area contributed by atoms with Gasteiger partial charge in [-0.3, -0.25) is 4.79 Å². The van der Waals surface area contributed by atoms with Crippen LogP contribution in [0.4, 0.5) is 0 Å². The van der Waals surface area contributed by atoms with E-state index in [1.54, 1.807) is 4.90 Å². The quantitative estimate of drug-likeness (QED) is 0.646. The molecule has 1 aliphatic heterocycles. The smallest absolute Gasteiger partial charge is 0.248 e. The molecular formula is C8H15NO2S. The highest BCUT2D eigenvalue weighted by molar-refractivity contribution is 7.99. The number of hydrogen-bond acceptors (Lipinski definition) is 3. The summed E-state index contributed by atoms with van der Waals surface area (Å²) in [5.74, 6) is 1.79. The van der Waals surface area contributed by atoms with E-state index in [9.17, 15) is 4.79 Å². The van der Waals surface area contributed by atoms with Crippen molar-refractivity contribution in [2.45, 2.75) is 19.4 Å². The van der Waals surface area contributed by atoms with E-state index in [-0.39, 0.29) is 18.1 Å². The van der Waals surface area contributed by atoms with Gasteiger partial charge in [-0.2, -0.15) is 11.8 Å². The van der Waals surface area contributed by atoms with Crippen molar-refractivity contribution in [1.29, 1.82) is 0 Å². The Morgan fingerprint density at radius 2 is 2.33 bits per heavy atom. The van der Waals surface area contributed by atoms with Crippen molar-refractivity contribution in [2.75, 3.05) is 24.7 Å². The summed E-state index contributed by atoms with van der Waals surface area (Å²) in [7, 11) is 0. The van der Waals surface area contributed by atoms with Gasteiger partial charge in [0.15, 0.2) is 0 Å². The number of thioether (sulfide) groups is 1. The van der Waals surface area contributed by atoms with Crippen molar-refractivity contribution < 1.29 is 9.90 Å². The molecule has 1 fully saturated rings. The molecule has 1 amide bonds. The molecule has 0 aromatic heterocycles. The maximum absolute atomic E-state index is 11.2. The maximum Gasteiger partial charge on any atom is 0.248 e. The van der Waals surface area contributed by atoms with Gasteiger partial charge < -0.3 is 10.0 Å². The van der Waals surface area contributed by atoms with Crippen molar-refractivity contribution in [2.24, 2.45) is 0 Å². The Morgan fingerprint density at radius 1 is 1.67 bits per heavy atom. The number of aliphatic hydroxyl groups is 1. The molecule has 0 aromatic carbocycles. The summed E-state index contributed by atoms with van der Waals surface area (Å²) < 4.78 is 0. The zero-order chi connectivity index (χ0) is 9.19. The summed E-state index contributed by atoms with van der Waals surface area (Å²) >= 11 is 1.86. The maximum atomic E-state index is 11.2. The molecular weight excluding hydrogens is 174 g/mol. The van der Waals surface area contributed by atoms with E-state index in [2.05, 4.69) is 0 Å². The largest absolute Gasteiger partial charge is 0.387 e. The molecule has 0 atom stereocenters. The number of nitrogens with zero attached hydrogens (tertiary/aromatic N) is 1. The van der Waals surface area contributed by atoms with Crippen LogP contribution in [0.25, 0.3) is 0 Å². The van der Waals surface area contributed by atoms with Crippen LogP contribution in [0.5, 0.6) is 0 Å². The Balaban J connectivity index is 2.66. The molecule has 0 radical (unpaired) electrons. The molecule has 1 saturated heterocycles. The van der Waals surface area contributed by atoms with Gasteiger partial charge >= 0.3 is 0 Å². The van der Waals surface area contributed by atoms with E-state index in [0.29, 0.717) is 0 Å². The second kappa shape index (κ2) is 3.66. The van der Waals surface area contributed by atoms with Crippen LogP contribution < -0.4 is 0 Å². The molecule has 12 heavy (non-hydrogen) atoms. The molecule has 0 unspecified atom stereocenters. The lowest BCUT2D eigenvalue weighted by molar-refractivity contribution is -0.138. The molecule has 1 rings (SSSR count). The van der Waals surface area contributed by atoms with E-state index in [0.717, 1.165) is 18.1 Å². The van der Waals surface area contributed by atoms with E-state index in [4.69, 9.17) is 5.11 Å². The van der Waals surface area contributed by atoms with E-state index >= 15 is 0 Å². The molecule has 3 nitrogen and oxygen atoms in total. The first kappa shape index (κ1) is 9.86. The first-order chi connectivity index (χ1) is 5.58. The van der Waals surface area contributed by atoms with E-state index in [1.807, 2.05) is 25.6 Å². The second-order valence-electron chi connectivity index (χ2n) is 3.57. The zero-order valence-electron chi connectivity index (χ0n) is 7.54. The predicted molar refractivity (Wildman–Crippen MR) is 50.2 cm³/mol. The molecule has 1 heterocycles. The number of amides is 1. The van der Waals surface area contributed by atoms with Gasteiger partial charge in [-0.15, -0.1) is 0 Å². The predicted octanol–water partition coefficient (Wildman–Crippen LogP) is 0.333. The summed E-state index contributed by atoms with van der Waals surface area (Å²) in [5, 5.41) is 8.72. The normalized spacial score (nSPS) is 22.4. The highest BCUT2D eigenvalue weighted by Gasteiger charge is 2.32. The van der Waals surface area contributed by atoms with Gasteiger partial charge in [-0.05, 0) is 13.8 Å². The standard InChI is InChI=1S/C8H15NO2S/c1-8(2)6-12-4-3-9(8)7(11)5-10/h10H,3-6H2,1-2H3. The minimum absolute atomic E-state index is 0.0945. The van der Waals surface area contributed by atoms with Crippen LogP contribution in [0.3, 0.4) is 0 Å². The van der Waals surface area contributed by atoms with Crippen molar-refractivity contribution in [3.63, 3.8) is 0 Å². The highest BCUT2D eigenvalue weighted by atomic mass is 32.2. The van der Waals surface area contributed by atoms with Gasteiger partial charge in [-0.1, -0.05) is 0 Å². The van der Waals surface area contributed by atoms with Crippen LogP contribution in [0.2, 0.25) is 0 Å². The Labute approximate surface area is 77.1 Å². The number of carbonyl (C=O) groups excluding carboxylic acids is 1. The molecule has 1 aliphatic rings. The summed E-state index contributed by atoms with van der Waals surface area (Å²) in [4.78, 5) is 13.0. The van der Waals surface area contributed by atoms with Crippen LogP contribution in [0.15, 0.2) is 0 Å². The lowest BCUT2D eigenvalue weighted by Crippen LogP contribution is -2.54. The molecule has 4 heteroatoms. The molecule has 0 bridgehead atoms. The number of aliphatic hydroxyl groups excluding tert-OH is 1. The minimum atomic E-state index is -0.367. The second-order valence-corrected chi connectivity index (χ2v) is 4.67. The van der Waals surface area contributed by atoms with Crippen LogP contribution in [-0.4, -0.2) is 46.1 Å². The molecule has 1 N–H and O–H groups in total. The van der Waals surface area contributed by atoms with Crippen molar-refractivity contribution >= 4 is 17.7 Å². The Kier molecular flexibility index (Phi) is 3.01.